The summed E-state index contributed by atoms with van der Waals surface area (Å²) in [6.45, 7) is 5.06. The highest BCUT2D eigenvalue weighted by molar-refractivity contribution is 7.89. The topological polar surface area (TPSA) is 49.4 Å². The van der Waals surface area contributed by atoms with Crippen LogP contribution in [0.25, 0.3) is 0 Å². The van der Waals surface area contributed by atoms with E-state index in [4.69, 9.17) is 6.42 Å². The highest BCUT2D eigenvalue weighted by Gasteiger charge is 2.25. The first-order valence-corrected chi connectivity index (χ1v) is 8.34. The first-order chi connectivity index (χ1) is 9.97. The Morgan fingerprint density at radius 1 is 1.38 bits per heavy atom. The van der Waals surface area contributed by atoms with Crippen LogP contribution in [-0.2, 0) is 16.6 Å². The molecule has 0 heterocycles. The number of rotatable bonds is 8. The van der Waals surface area contributed by atoms with Crippen molar-refractivity contribution in [3.05, 3.63) is 29.6 Å². The molecule has 0 aromatic heterocycles. The van der Waals surface area contributed by atoms with Gasteiger partial charge < -0.3 is 5.32 Å². The van der Waals surface area contributed by atoms with Crippen LogP contribution in [0.5, 0.6) is 0 Å². The SMILES string of the molecule is C#CCN(CC)S(=O)(=O)c1cc(F)ccc1CNCCC. The fourth-order valence-electron chi connectivity index (χ4n) is 1.92. The molecule has 0 radical (unpaired) electrons. The zero-order valence-corrected chi connectivity index (χ0v) is 13.2. The quantitative estimate of drug-likeness (QED) is 0.590. The lowest BCUT2D eigenvalue weighted by Crippen LogP contribution is -2.32. The molecule has 1 aromatic carbocycles. The molecule has 1 N–H and O–H groups in total. The third kappa shape index (κ3) is 4.53. The maximum atomic E-state index is 13.5. The summed E-state index contributed by atoms with van der Waals surface area (Å²) in [5.74, 6) is 1.74. The molecule has 0 aliphatic rings. The van der Waals surface area contributed by atoms with Crippen molar-refractivity contribution in [3.63, 3.8) is 0 Å². The van der Waals surface area contributed by atoms with Crippen LogP contribution < -0.4 is 5.32 Å². The van der Waals surface area contributed by atoms with Crippen LogP contribution in [-0.4, -0.2) is 32.4 Å². The Morgan fingerprint density at radius 2 is 2.10 bits per heavy atom. The Bertz CT molecular complexity index is 609. The van der Waals surface area contributed by atoms with Gasteiger partial charge >= 0.3 is 0 Å². The van der Waals surface area contributed by atoms with Gasteiger partial charge in [0.1, 0.15) is 5.82 Å². The van der Waals surface area contributed by atoms with E-state index in [1.54, 1.807) is 6.92 Å². The van der Waals surface area contributed by atoms with Gasteiger partial charge in [0.15, 0.2) is 0 Å². The predicted octanol–water partition coefficient (Wildman–Crippen LogP) is 1.97. The Balaban J connectivity index is 3.20. The molecule has 0 atom stereocenters. The maximum Gasteiger partial charge on any atom is 0.244 e. The van der Waals surface area contributed by atoms with E-state index in [9.17, 15) is 12.8 Å². The first-order valence-electron chi connectivity index (χ1n) is 6.90. The Labute approximate surface area is 126 Å². The molecule has 0 saturated carbocycles. The zero-order valence-electron chi connectivity index (χ0n) is 12.4. The van der Waals surface area contributed by atoms with Crippen molar-refractivity contribution in [1.82, 2.24) is 9.62 Å². The van der Waals surface area contributed by atoms with Crippen LogP contribution in [0, 0.1) is 18.2 Å². The summed E-state index contributed by atoms with van der Waals surface area (Å²) in [5.41, 5.74) is 0.542. The van der Waals surface area contributed by atoms with Gasteiger partial charge in [-0.1, -0.05) is 25.8 Å². The molecule has 0 aliphatic heterocycles. The van der Waals surface area contributed by atoms with Gasteiger partial charge in [0.2, 0.25) is 10.0 Å². The van der Waals surface area contributed by atoms with Crippen LogP contribution >= 0.6 is 0 Å². The molecule has 1 rings (SSSR count). The monoisotopic (exact) mass is 312 g/mol. The van der Waals surface area contributed by atoms with E-state index in [2.05, 4.69) is 11.2 Å². The number of nitrogens with zero attached hydrogens (tertiary/aromatic N) is 1. The maximum absolute atomic E-state index is 13.5. The fourth-order valence-corrected chi connectivity index (χ4v) is 3.52. The van der Waals surface area contributed by atoms with E-state index in [0.717, 1.165) is 23.3 Å². The number of nitrogens with one attached hydrogen (secondary N) is 1. The number of hydrogen-bond donors (Lipinski definition) is 1. The van der Waals surface area contributed by atoms with Crippen molar-refractivity contribution in [2.45, 2.75) is 31.7 Å². The summed E-state index contributed by atoms with van der Waals surface area (Å²) < 4.78 is 39.8. The van der Waals surface area contributed by atoms with Gasteiger partial charge in [0, 0.05) is 13.1 Å². The van der Waals surface area contributed by atoms with E-state index in [1.807, 2.05) is 6.92 Å². The van der Waals surface area contributed by atoms with Gasteiger partial charge in [-0.2, -0.15) is 4.31 Å². The zero-order chi connectivity index (χ0) is 15.9. The molecule has 0 spiro atoms. The highest BCUT2D eigenvalue weighted by atomic mass is 32.2. The van der Waals surface area contributed by atoms with Crippen molar-refractivity contribution < 1.29 is 12.8 Å². The summed E-state index contributed by atoms with van der Waals surface area (Å²) in [4.78, 5) is -0.0248. The van der Waals surface area contributed by atoms with Gasteiger partial charge in [0.25, 0.3) is 0 Å². The summed E-state index contributed by atoms with van der Waals surface area (Å²) in [7, 11) is -3.79. The van der Waals surface area contributed by atoms with Gasteiger partial charge in [-0.15, -0.1) is 6.42 Å². The minimum atomic E-state index is -3.79. The molecule has 0 aliphatic carbocycles. The van der Waals surface area contributed by atoms with Crippen molar-refractivity contribution >= 4 is 10.0 Å². The molecule has 1 aromatic rings. The molecular formula is C15H21FN2O2S. The van der Waals surface area contributed by atoms with Crippen molar-refractivity contribution in [2.75, 3.05) is 19.6 Å². The number of halogens is 1. The summed E-state index contributed by atoms with van der Waals surface area (Å²) in [6, 6.07) is 3.81. The number of hydrogen-bond acceptors (Lipinski definition) is 3. The molecule has 0 fully saturated rings. The van der Waals surface area contributed by atoms with E-state index >= 15 is 0 Å². The number of benzene rings is 1. The molecule has 6 heteroatoms. The molecular weight excluding hydrogens is 291 g/mol. The fraction of sp³-hybridized carbons (Fsp3) is 0.467. The van der Waals surface area contributed by atoms with Gasteiger partial charge in [-0.25, -0.2) is 12.8 Å². The predicted molar refractivity (Wildman–Crippen MR) is 81.7 cm³/mol. The largest absolute Gasteiger partial charge is 0.313 e. The molecule has 4 nitrogen and oxygen atoms in total. The highest BCUT2D eigenvalue weighted by Crippen LogP contribution is 2.21. The molecule has 116 valence electrons. The van der Waals surface area contributed by atoms with Crippen LogP contribution in [0.4, 0.5) is 4.39 Å². The third-order valence-corrected chi connectivity index (χ3v) is 5.01. The molecule has 0 bridgehead atoms. The van der Waals surface area contributed by atoms with Crippen LogP contribution in [0.2, 0.25) is 0 Å². The molecule has 0 saturated heterocycles. The Hall–Kier alpha value is -1.42. The lowest BCUT2D eigenvalue weighted by Gasteiger charge is -2.20. The summed E-state index contributed by atoms with van der Waals surface area (Å²) in [5, 5.41) is 3.13. The molecule has 0 unspecified atom stereocenters. The average Bonchev–Trinajstić information content (AvgIpc) is 2.46. The van der Waals surface area contributed by atoms with E-state index in [0.29, 0.717) is 12.1 Å². The first kappa shape index (κ1) is 17.6. The van der Waals surface area contributed by atoms with Crippen molar-refractivity contribution in [3.8, 4) is 12.3 Å². The minimum Gasteiger partial charge on any atom is -0.313 e. The molecule has 21 heavy (non-hydrogen) atoms. The van der Waals surface area contributed by atoms with E-state index in [1.165, 1.54) is 12.1 Å². The molecule has 0 amide bonds. The van der Waals surface area contributed by atoms with Gasteiger partial charge in [-0.3, -0.25) is 0 Å². The van der Waals surface area contributed by atoms with E-state index in [-0.39, 0.29) is 18.0 Å². The third-order valence-electron chi connectivity index (χ3n) is 3.01. The number of sulfonamides is 1. The lowest BCUT2D eigenvalue weighted by molar-refractivity contribution is 0.462. The lowest BCUT2D eigenvalue weighted by atomic mass is 10.2. The van der Waals surface area contributed by atoms with E-state index < -0.39 is 15.8 Å². The normalized spacial score (nSPS) is 11.6. The van der Waals surface area contributed by atoms with Crippen molar-refractivity contribution in [2.24, 2.45) is 0 Å². The second-order valence-corrected chi connectivity index (χ2v) is 6.47. The smallest absolute Gasteiger partial charge is 0.244 e. The Kier molecular flexibility index (Phi) is 6.82. The second-order valence-electron chi connectivity index (χ2n) is 4.56. The second kappa shape index (κ2) is 8.13. The Morgan fingerprint density at radius 3 is 2.67 bits per heavy atom. The summed E-state index contributed by atoms with van der Waals surface area (Å²) >= 11 is 0. The summed E-state index contributed by atoms with van der Waals surface area (Å²) in [6.07, 6.45) is 6.14. The standard InChI is InChI=1S/C15H21FN2O2S/c1-4-9-17-12-13-7-8-14(16)11-15(13)21(19,20)18(6-3)10-5-2/h2,7-8,11,17H,4,6,9-10,12H2,1,3H3. The number of terminal acetylenes is 1. The van der Waals surface area contributed by atoms with Gasteiger partial charge in [0.05, 0.1) is 11.4 Å². The average molecular weight is 312 g/mol. The van der Waals surface area contributed by atoms with Gasteiger partial charge in [-0.05, 0) is 30.7 Å². The van der Waals surface area contributed by atoms with Crippen LogP contribution in [0.1, 0.15) is 25.8 Å². The van der Waals surface area contributed by atoms with Crippen LogP contribution in [0.15, 0.2) is 23.1 Å². The van der Waals surface area contributed by atoms with Crippen molar-refractivity contribution in [1.29, 1.82) is 0 Å². The minimum absolute atomic E-state index is 0.0248. The van der Waals surface area contributed by atoms with Crippen LogP contribution in [0.3, 0.4) is 0 Å².